The molecule has 0 aliphatic heterocycles. The molecule has 0 aliphatic carbocycles. The monoisotopic (exact) mass is 290 g/mol. The number of fused-ring (bicyclic) bond motifs is 1. The molecule has 0 amide bonds. The number of alkyl halides is 2. The molecule has 0 bridgehead atoms. The van der Waals surface area contributed by atoms with Gasteiger partial charge in [-0.25, -0.2) is 0 Å². The van der Waals surface area contributed by atoms with Crippen LogP contribution in [-0.4, -0.2) is 11.7 Å². The zero-order valence-electron chi connectivity index (χ0n) is 10.9. The lowest BCUT2D eigenvalue weighted by molar-refractivity contribution is -0.0498. The van der Waals surface area contributed by atoms with Gasteiger partial charge >= 0.3 is 6.61 Å². The molecule has 0 fully saturated rings. The smallest absolute Gasteiger partial charge is 0.387 e. The summed E-state index contributed by atoms with van der Waals surface area (Å²) >= 11 is 0. The number of rotatable bonds is 4. The van der Waals surface area contributed by atoms with Crippen LogP contribution in [-0.2, 0) is 0 Å². The summed E-state index contributed by atoms with van der Waals surface area (Å²) in [6.07, 6.45) is -0.960. The maximum atomic E-state index is 12.1. The molecule has 5 heteroatoms. The zero-order valence-corrected chi connectivity index (χ0v) is 10.9. The van der Waals surface area contributed by atoms with Crippen molar-refractivity contribution < 1.29 is 23.0 Å². The van der Waals surface area contributed by atoms with Gasteiger partial charge in [0.2, 0.25) is 0 Å². The summed E-state index contributed by atoms with van der Waals surface area (Å²) < 4.78 is 34.0. The molecule has 21 heavy (non-hydrogen) atoms. The molecule has 1 aromatic heterocycles. The Labute approximate surface area is 119 Å². The Bertz CT molecular complexity index is 702. The van der Waals surface area contributed by atoms with Gasteiger partial charge in [-0.1, -0.05) is 30.3 Å². The van der Waals surface area contributed by atoms with Crippen molar-refractivity contribution in [2.45, 2.75) is 12.7 Å². The molecule has 1 unspecified atom stereocenters. The van der Waals surface area contributed by atoms with Crippen molar-refractivity contribution in [3.05, 3.63) is 65.9 Å². The topological polar surface area (TPSA) is 42.6 Å². The summed E-state index contributed by atoms with van der Waals surface area (Å²) in [5.41, 5.74) is 1.22. The summed E-state index contributed by atoms with van der Waals surface area (Å²) in [7, 11) is 0. The second kappa shape index (κ2) is 5.54. The molecular formula is C16H12F2O3. The van der Waals surface area contributed by atoms with E-state index in [1.807, 2.05) is 24.3 Å². The average Bonchev–Trinajstić information content (AvgIpc) is 2.90. The van der Waals surface area contributed by atoms with Gasteiger partial charge in [0.1, 0.15) is 23.2 Å². The first-order valence-electron chi connectivity index (χ1n) is 6.35. The maximum absolute atomic E-state index is 12.1. The Balaban J connectivity index is 1.85. The number of aliphatic hydroxyl groups is 1. The minimum Gasteiger partial charge on any atom is -0.458 e. The molecule has 0 saturated carbocycles. The lowest BCUT2D eigenvalue weighted by Gasteiger charge is -2.09. The number of ether oxygens (including phenoxy) is 1. The Morgan fingerprint density at radius 2 is 1.71 bits per heavy atom. The van der Waals surface area contributed by atoms with Crippen LogP contribution in [0.2, 0.25) is 0 Å². The van der Waals surface area contributed by atoms with Crippen LogP contribution in [0.25, 0.3) is 11.0 Å². The number of aliphatic hydroxyl groups excluding tert-OH is 1. The van der Waals surface area contributed by atoms with E-state index in [2.05, 4.69) is 4.74 Å². The van der Waals surface area contributed by atoms with Gasteiger partial charge in [-0.05, 0) is 29.8 Å². The Morgan fingerprint density at radius 3 is 2.38 bits per heavy atom. The van der Waals surface area contributed by atoms with Crippen LogP contribution >= 0.6 is 0 Å². The van der Waals surface area contributed by atoms with Gasteiger partial charge in [0.05, 0.1) is 0 Å². The molecule has 0 aliphatic rings. The quantitative estimate of drug-likeness (QED) is 0.786. The third kappa shape index (κ3) is 2.87. The van der Waals surface area contributed by atoms with Crippen LogP contribution in [0.1, 0.15) is 17.4 Å². The molecule has 0 spiro atoms. The molecule has 1 N–H and O–H groups in total. The molecule has 3 nitrogen and oxygen atoms in total. The summed E-state index contributed by atoms with van der Waals surface area (Å²) in [6, 6.07) is 15.0. The molecule has 1 atom stereocenters. The highest BCUT2D eigenvalue weighted by molar-refractivity contribution is 5.77. The number of para-hydroxylation sites is 1. The van der Waals surface area contributed by atoms with Crippen molar-refractivity contribution in [1.82, 2.24) is 0 Å². The van der Waals surface area contributed by atoms with Gasteiger partial charge in [0, 0.05) is 5.39 Å². The van der Waals surface area contributed by atoms with Gasteiger partial charge in [-0.15, -0.1) is 0 Å². The standard InChI is InChI=1S/C16H12F2O3/c17-16(18)20-12-7-5-10(6-8-12)15(19)14-9-11-3-1-2-4-13(11)21-14/h1-9,15-16,19H. The number of halogens is 2. The lowest BCUT2D eigenvalue weighted by atomic mass is 10.1. The minimum absolute atomic E-state index is 0.0468. The van der Waals surface area contributed by atoms with E-state index >= 15 is 0 Å². The van der Waals surface area contributed by atoms with E-state index in [1.54, 1.807) is 6.07 Å². The maximum Gasteiger partial charge on any atom is 0.387 e. The Morgan fingerprint density at radius 1 is 1.00 bits per heavy atom. The predicted octanol–water partition coefficient (Wildman–Crippen LogP) is 4.12. The van der Waals surface area contributed by atoms with E-state index in [1.165, 1.54) is 24.3 Å². The zero-order chi connectivity index (χ0) is 14.8. The Kier molecular flexibility index (Phi) is 3.58. The molecule has 0 saturated heterocycles. The largest absolute Gasteiger partial charge is 0.458 e. The minimum atomic E-state index is -2.86. The highest BCUT2D eigenvalue weighted by atomic mass is 19.3. The van der Waals surface area contributed by atoms with Crippen LogP contribution < -0.4 is 4.74 Å². The van der Waals surface area contributed by atoms with Gasteiger partial charge in [0.25, 0.3) is 0 Å². The van der Waals surface area contributed by atoms with Crippen molar-refractivity contribution in [3.63, 3.8) is 0 Å². The third-order valence-corrected chi connectivity index (χ3v) is 3.14. The van der Waals surface area contributed by atoms with E-state index in [4.69, 9.17) is 4.42 Å². The second-order valence-electron chi connectivity index (χ2n) is 4.54. The number of benzene rings is 2. The third-order valence-electron chi connectivity index (χ3n) is 3.14. The van der Waals surface area contributed by atoms with Gasteiger partial charge < -0.3 is 14.3 Å². The summed E-state index contributed by atoms with van der Waals surface area (Å²) in [4.78, 5) is 0. The molecule has 3 aromatic rings. The normalized spacial score (nSPS) is 12.8. The fourth-order valence-corrected chi connectivity index (χ4v) is 2.13. The summed E-state index contributed by atoms with van der Waals surface area (Å²) in [5.74, 6) is 0.448. The van der Waals surface area contributed by atoms with Crippen molar-refractivity contribution >= 4 is 11.0 Å². The van der Waals surface area contributed by atoms with Gasteiger partial charge in [0.15, 0.2) is 0 Å². The molecule has 0 radical (unpaired) electrons. The van der Waals surface area contributed by atoms with Crippen LogP contribution in [0, 0.1) is 0 Å². The number of furan rings is 1. The Hall–Kier alpha value is -2.40. The highest BCUT2D eigenvalue weighted by Crippen LogP contribution is 2.29. The van der Waals surface area contributed by atoms with E-state index in [9.17, 15) is 13.9 Å². The molecule has 2 aromatic carbocycles. The van der Waals surface area contributed by atoms with Gasteiger partial charge in [-0.2, -0.15) is 8.78 Å². The first-order valence-corrected chi connectivity index (χ1v) is 6.35. The van der Waals surface area contributed by atoms with E-state index < -0.39 is 12.7 Å². The molecular weight excluding hydrogens is 278 g/mol. The fourth-order valence-electron chi connectivity index (χ4n) is 2.13. The molecule has 3 rings (SSSR count). The highest BCUT2D eigenvalue weighted by Gasteiger charge is 2.16. The van der Waals surface area contributed by atoms with Gasteiger partial charge in [-0.3, -0.25) is 0 Å². The molecule has 1 heterocycles. The van der Waals surface area contributed by atoms with E-state index in [-0.39, 0.29) is 5.75 Å². The van der Waals surface area contributed by atoms with Crippen LogP contribution in [0.15, 0.2) is 59.0 Å². The predicted molar refractivity (Wildman–Crippen MR) is 73.3 cm³/mol. The van der Waals surface area contributed by atoms with E-state index in [0.29, 0.717) is 16.9 Å². The van der Waals surface area contributed by atoms with Crippen molar-refractivity contribution in [2.75, 3.05) is 0 Å². The number of hydrogen-bond donors (Lipinski definition) is 1. The summed E-state index contributed by atoms with van der Waals surface area (Å²) in [5, 5.41) is 11.2. The van der Waals surface area contributed by atoms with Crippen LogP contribution in [0.5, 0.6) is 5.75 Å². The SMILES string of the molecule is OC(c1ccc(OC(F)F)cc1)c1cc2ccccc2o1. The van der Waals surface area contributed by atoms with Crippen molar-refractivity contribution in [2.24, 2.45) is 0 Å². The van der Waals surface area contributed by atoms with E-state index in [0.717, 1.165) is 5.39 Å². The van der Waals surface area contributed by atoms with Crippen molar-refractivity contribution in [3.8, 4) is 5.75 Å². The van der Waals surface area contributed by atoms with Crippen LogP contribution in [0.4, 0.5) is 8.78 Å². The second-order valence-corrected chi connectivity index (χ2v) is 4.54. The van der Waals surface area contributed by atoms with Crippen LogP contribution in [0.3, 0.4) is 0 Å². The lowest BCUT2D eigenvalue weighted by Crippen LogP contribution is -2.02. The first kappa shape index (κ1) is 13.6. The molecule has 108 valence electrons. The number of hydrogen-bond acceptors (Lipinski definition) is 3. The summed E-state index contributed by atoms with van der Waals surface area (Å²) in [6.45, 7) is -2.86. The first-order chi connectivity index (χ1) is 10.1. The van der Waals surface area contributed by atoms with Crippen molar-refractivity contribution in [1.29, 1.82) is 0 Å². The fraction of sp³-hybridized carbons (Fsp3) is 0.125. The average molecular weight is 290 g/mol.